The van der Waals surface area contributed by atoms with Gasteiger partial charge in [-0.15, -0.1) is 0 Å². The van der Waals surface area contributed by atoms with Crippen LogP contribution >= 0.6 is 0 Å². The first-order valence-electron chi connectivity index (χ1n) is 12.2. The first-order valence-corrected chi connectivity index (χ1v) is 12.2. The fourth-order valence-corrected chi connectivity index (χ4v) is 4.32. The van der Waals surface area contributed by atoms with E-state index in [0.717, 1.165) is 27.8 Å². The van der Waals surface area contributed by atoms with E-state index in [1.54, 1.807) is 13.3 Å². The van der Waals surface area contributed by atoms with Crippen molar-refractivity contribution in [2.24, 2.45) is 0 Å². The number of methoxy groups -OCH3 is 1. The second-order valence-electron chi connectivity index (χ2n) is 8.68. The van der Waals surface area contributed by atoms with Crippen LogP contribution in [0.5, 0.6) is 5.88 Å². The van der Waals surface area contributed by atoms with E-state index in [9.17, 15) is 9.90 Å². The lowest BCUT2D eigenvalue weighted by molar-refractivity contribution is -0.111. The number of hydrogen-bond acceptors (Lipinski definition) is 9. The molecule has 0 saturated carbocycles. The summed E-state index contributed by atoms with van der Waals surface area (Å²) in [7, 11) is 1.56. The predicted molar refractivity (Wildman–Crippen MR) is 147 cm³/mol. The standard InChI is InChI=1S/C28H28N6O4/c1-3-25(36)30-20-8-4-6-18(14-20)22-9-5-7-19-15-29-28(33-26(19)22)31-23-10-11-24(32-27(23)37-2)34-12-13-38-21(16-34)17-35/h3-11,14-15,21,35H,1,12-13,16-17H2,2H3,(H,30,36)(H,29,31,33). The summed E-state index contributed by atoms with van der Waals surface area (Å²) >= 11 is 0. The highest BCUT2D eigenvalue weighted by molar-refractivity contribution is 6.00. The molecule has 0 aliphatic carbocycles. The average Bonchev–Trinajstić information content (AvgIpc) is 2.97. The SMILES string of the molecule is C=CC(=O)Nc1cccc(-c2cccc3cnc(Nc4ccc(N5CCOC(CO)C5)nc4OC)nc23)c1. The van der Waals surface area contributed by atoms with Gasteiger partial charge in [-0.2, -0.15) is 4.98 Å². The van der Waals surface area contributed by atoms with Gasteiger partial charge in [0.25, 0.3) is 0 Å². The van der Waals surface area contributed by atoms with Crippen molar-refractivity contribution in [3.63, 3.8) is 0 Å². The fourth-order valence-electron chi connectivity index (χ4n) is 4.32. The maximum atomic E-state index is 11.8. The summed E-state index contributed by atoms with van der Waals surface area (Å²) in [6.07, 6.45) is 2.75. The van der Waals surface area contributed by atoms with Crippen LogP contribution < -0.4 is 20.3 Å². The topological polar surface area (TPSA) is 122 Å². The zero-order valence-corrected chi connectivity index (χ0v) is 20.9. The number of amides is 1. The molecule has 38 heavy (non-hydrogen) atoms. The Balaban J connectivity index is 1.44. The van der Waals surface area contributed by atoms with Gasteiger partial charge in [-0.25, -0.2) is 9.97 Å². The summed E-state index contributed by atoms with van der Waals surface area (Å²) in [6, 6.07) is 17.2. The van der Waals surface area contributed by atoms with Crippen molar-refractivity contribution < 1.29 is 19.4 Å². The smallest absolute Gasteiger partial charge is 0.247 e. The molecule has 2 aromatic carbocycles. The van der Waals surface area contributed by atoms with Crippen molar-refractivity contribution in [2.75, 3.05) is 48.9 Å². The van der Waals surface area contributed by atoms with Gasteiger partial charge < -0.3 is 30.1 Å². The quantitative estimate of drug-likeness (QED) is 0.303. The first kappa shape index (κ1) is 25.1. The maximum absolute atomic E-state index is 11.8. The number of ether oxygens (including phenoxy) is 2. The number of aliphatic hydroxyl groups is 1. The summed E-state index contributed by atoms with van der Waals surface area (Å²) in [6.45, 7) is 5.21. The second-order valence-corrected chi connectivity index (χ2v) is 8.68. The number of hydrogen-bond donors (Lipinski definition) is 3. The molecule has 3 heterocycles. The predicted octanol–water partition coefficient (Wildman–Crippen LogP) is 3.77. The summed E-state index contributed by atoms with van der Waals surface area (Å²) in [5.74, 6) is 1.25. The lowest BCUT2D eigenvalue weighted by Gasteiger charge is -2.33. The molecule has 1 saturated heterocycles. The molecule has 10 nitrogen and oxygen atoms in total. The molecule has 4 aromatic rings. The van der Waals surface area contributed by atoms with Crippen LogP contribution in [0, 0.1) is 0 Å². The van der Waals surface area contributed by atoms with E-state index >= 15 is 0 Å². The van der Waals surface area contributed by atoms with Crippen molar-refractivity contribution >= 4 is 40.0 Å². The van der Waals surface area contributed by atoms with Gasteiger partial charge in [-0.05, 0) is 35.9 Å². The second kappa shape index (κ2) is 11.2. The van der Waals surface area contributed by atoms with Crippen LogP contribution in [-0.2, 0) is 9.53 Å². The number of carbonyl (C=O) groups is 1. The summed E-state index contributed by atoms with van der Waals surface area (Å²) < 4.78 is 11.1. The number of nitrogens with zero attached hydrogens (tertiary/aromatic N) is 4. The lowest BCUT2D eigenvalue weighted by atomic mass is 10.0. The number of rotatable bonds is 8. The number of para-hydroxylation sites is 1. The molecular formula is C28H28N6O4. The van der Waals surface area contributed by atoms with Crippen LogP contribution in [0.25, 0.3) is 22.0 Å². The molecule has 1 aliphatic heterocycles. The Morgan fingerprint density at radius 2 is 2.11 bits per heavy atom. The van der Waals surface area contributed by atoms with Crippen LogP contribution in [0.4, 0.5) is 23.1 Å². The molecular weight excluding hydrogens is 484 g/mol. The van der Waals surface area contributed by atoms with Gasteiger partial charge in [0.15, 0.2) is 0 Å². The normalized spacial score (nSPS) is 15.2. The van der Waals surface area contributed by atoms with Crippen molar-refractivity contribution in [1.82, 2.24) is 15.0 Å². The summed E-state index contributed by atoms with van der Waals surface area (Å²) in [5.41, 5.74) is 3.84. The van der Waals surface area contributed by atoms with Gasteiger partial charge in [0.05, 0.1) is 31.9 Å². The van der Waals surface area contributed by atoms with Crippen LogP contribution in [0.1, 0.15) is 0 Å². The van der Waals surface area contributed by atoms with Gasteiger partial charge in [0.1, 0.15) is 11.5 Å². The molecule has 0 radical (unpaired) electrons. The minimum absolute atomic E-state index is 0.0394. The Bertz CT molecular complexity index is 1480. The van der Waals surface area contributed by atoms with E-state index in [0.29, 0.717) is 42.9 Å². The third-order valence-electron chi connectivity index (χ3n) is 6.19. The Morgan fingerprint density at radius 3 is 2.92 bits per heavy atom. The molecule has 1 aliphatic rings. The van der Waals surface area contributed by atoms with Crippen molar-refractivity contribution in [1.29, 1.82) is 0 Å². The van der Waals surface area contributed by atoms with Crippen molar-refractivity contribution in [3.8, 4) is 17.0 Å². The molecule has 2 aromatic heterocycles. The lowest BCUT2D eigenvalue weighted by Crippen LogP contribution is -2.44. The van der Waals surface area contributed by atoms with Crippen LogP contribution in [-0.4, -0.2) is 65.5 Å². The number of benzene rings is 2. The Kier molecular flexibility index (Phi) is 7.43. The molecule has 1 fully saturated rings. The van der Waals surface area contributed by atoms with Gasteiger partial charge in [0, 0.05) is 35.9 Å². The molecule has 194 valence electrons. The van der Waals surface area contributed by atoms with E-state index in [1.807, 2.05) is 54.6 Å². The van der Waals surface area contributed by atoms with E-state index < -0.39 is 0 Å². The number of fused-ring (bicyclic) bond motifs is 1. The minimum Gasteiger partial charge on any atom is -0.479 e. The fraction of sp³-hybridized carbons (Fsp3) is 0.214. The molecule has 10 heteroatoms. The van der Waals surface area contributed by atoms with Crippen molar-refractivity contribution in [2.45, 2.75) is 6.10 Å². The minimum atomic E-state index is -0.274. The number of morpholine rings is 1. The Hall–Kier alpha value is -4.54. The molecule has 3 N–H and O–H groups in total. The Labute approximate surface area is 220 Å². The molecule has 1 amide bonds. The van der Waals surface area contributed by atoms with Crippen LogP contribution in [0.15, 0.2) is 73.4 Å². The number of aromatic nitrogens is 3. The monoisotopic (exact) mass is 512 g/mol. The summed E-state index contributed by atoms with van der Waals surface area (Å²) in [5, 5.41) is 16.3. The molecule has 1 unspecified atom stereocenters. The highest BCUT2D eigenvalue weighted by Gasteiger charge is 2.22. The van der Waals surface area contributed by atoms with Crippen LogP contribution in [0.2, 0.25) is 0 Å². The molecule has 5 rings (SSSR count). The molecule has 0 bridgehead atoms. The van der Waals surface area contributed by atoms with E-state index in [2.05, 4.69) is 32.1 Å². The van der Waals surface area contributed by atoms with E-state index in [1.165, 1.54) is 6.08 Å². The first-order chi connectivity index (χ1) is 18.6. The number of anilines is 4. The van der Waals surface area contributed by atoms with E-state index in [-0.39, 0.29) is 18.6 Å². The third-order valence-corrected chi connectivity index (χ3v) is 6.19. The zero-order chi connectivity index (χ0) is 26.5. The third kappa shape index (κ3) is 5.41. The van der Waals surface area contributed by atoms with Crippen molar-refractivity contribution in [3.05, 3.63) is 73.4 Å². The van der Waals surface area contributed by atoms with Gasteiger partial charge in [-0.1, -0.05) is 36.9 Å². The maximum Gasteiger partial charge on any atom is 0.247 e. The van der Waals surface area contributed by atoms with Crippen LogP contribution in [0.3, 0.4) is 0 Å². The zero-order valence-electron chi connectivity index (χ0n) is 20.9. The number of pyridine rings is 1. The summed E-state index contributed by atoms with van der Waals surface area (Å²) in [4.78, 5) is 27.8. The largest absolute Gasteiger partial charge is 0.479 e. The highest BCUT2D eigenvalue weighted by Crippen LogP contribution is 2.32. The van der Waals surface area contributed by atoms with Gasteiger partial charge >= 0.3 is 0 Å². The number of carbonyl (C=O) groups excluding carboxylic acids is 1. The van der Waals surface area contributed by atoms with Gasteiger partial charge in [0.2, 0.25) is 17.7 Å². The molecule has 1 atom stereocenters. The average molecular weight is 513 g/mol. The van der Waals surface area contributed by atoms with E-state index in [4.69, 9.17) is 14.5 Å². The Morgan fingerprint density at radius 1 is 1.24 bits per heavy atom. The number of nitrogens with one attached hydrogen (secondary N) is 2. The number of aliphatic hydroxyl groups excluding tert-OH is 1. The van der Waals surface area contributed by atoms with Gasteiger partial charge in [-0.3, -0.25) is 4.79 Å². The molecule has 0 spiro atoms. The highest BCUT2D eigenvalue weighted by atomic mass is 16.5.